The van der Waals surface area contributed by atoms with E-state index in [-0.39, 0.29) is 25.9 Å². The summed E-state index contributed by atoms with van der Waals surface area (Å²) in [5.41, 5.74) is -1.56. The summed E-state index contributed by atoms with van der Waals surface area (Å²) in [7, 11) is -10.0. The number of aliphatic hydroxyl groups excluding tert-OH is 1. The van der Waals surface area contributed by atoms with Gasteiger partial charge in [0.25, 0.3) is 0 Å². The molecule has 0 aliphatic heterocycles. The Kier molecular flexibility index (Phi) is 9.08. The predicted molar refractivity (Wildman–Crippen MR) is 76.3 cm³/mol. The fourth-order valence-corrected chi connectivity index (χ4v) is 3.45. The molecule has 138 valence electrons. The zero-order valence-corrected chi connectivity index (χ0v) is 14.2. The highest BCUT2D eigenvalue weighted by Gasteiger charge is 2.32. The van der Waals surface area contributed by atoms with E-state index in [9.17, 15) is 24.1 Å². The summed E-state index contributed by atoms with van der Waals surface area (Å²) in [6, 6.07) is 0. The van der Waals surface area contributed by atoms with Crippen molar-refractivity contribution in [1.29, 1.82) is 0 Å². The lowest BCUT2D eigenvalue weighted by Gasteiger charge is -2.24. The molecule has 11 nitrogen and oxygen atoms in total. The fraction of sp³-hybridized carbons (Fsp3) is 0.900. The number of rotatable bonds is 12. The van der Waals surface area contributed by atoms with Gasteiger partial charge in [-0.15, -0.1) is 0 Å². The minimum Gasteiger partial charge on any atom is -0.481 e. The fourth-order valence-electron chi connectivity index (χ4n) is 1.83. The number of hydrogen-bond acceptors (Lipinski definition) is 7. The Morgan fingerprint density at radius 1 is 1.22 bits per heavy atom. The van der Waals surface area contributed by atoms with Crippen LogP contribution in [0.2, 0.25) is 0 Å². The van der Waals surface area contributed by atoms with Crippen LogP contribution in [0.15, 0.2) is 0 Å². The number of aliphatic carboxylic acids is 1. The lowest BCUT2D eigenvalue weighted by Crippen LogP contribution is -2.32. The van der Waals surface area contributed by atoms with Crippen LogP contribution in [0.1, 0.15) is 39.0 Å². The molecule has 13 heteroatoms. The first-order valence-electron chi connectivity index (χ1n) is 6.59. The monoisotopic (exact) mass is 380 g/mol. The van der Waals surface area contributed by atoms with E-state index in [2.05, 4.69) is 8.83 Å². The molecule has 0 aromatic rings. The highest BCUT2D eigenvalue weighted by molar-refractivity contribution is 7.60. The van der Waals surface area contributed by atoms with Crippen molar-refractivity contribution in [3.63, 3.8) is 0 Å². The zero-order chi connectivity index (χ0) is 18.3. The van der Waals surface area contributed by atoms with Gasteiger partial charge in [-0.1, -0.05) is 0 Å². The van der Waals surface area contributed by atoms with Gasteiger partial charge in [0.15, 0.2) is 0 Å². The van der Waals surface area contributed by atoms with Crippen molar-refractivity contribution in [2.24, 2.45) is 0 Å². The molecule has 3 unspecified atom stereocenters. The van der Waals surface area contributed by atoms with Crippen LogP contribution < -0.4 is 0 Å². The number of phosphoric ester groups is 1. The maximum Gasteiger partial charge on any atom is 0.481 e. The van der Waals surface area contributed by atoms with Crippen LogP contribution in [-0.4, -0.2) is 54.3 Å². The molecule has 0 rings (SSSR count). The summed E-state index contributed by atoms with van der Waals surface area (Å²) in [6.07, 6.45) is -0.987. The molecule has 23 heavy (non-hydrogen) atoms. The van der Waals surface area contributed by atoms with Gasteiger partial charge in [-0.2, -0.15) is 4.31 Å². The third-order valence-electron chi connectivity index (χ3n) is 2.60. The van der Waals surface area contributed by atoms with E-state index in [4.69, 9.17) is 19.8 Å². The first kappa shape index (κ1) is 22.6. The summed E-state index contributed by atoms with van der Waals surface area (Å²) in [5, 5.41) is 28.0. The molecule has 0 aliphatic carbocycles. The van der Waals surface area contributed by atoms with Gasteiger partial charge in [0, 0.05) is 6.42 Å². The van der Waals surface area contributed by atoms with Crippen molar-refractivity contribution in [2.75, 3.05) is 6.61 Å². The standard InChI is InChI=1S/C10H22O11P2/c1-10(14,7-9(12)13)6-8(11)4-2-3-5-20-23(18,19)21-22(15,16)17/h8,11,14H,2-7H2,1H3,(H,12,13)(H,18,19)(H2,15,16,17). The third-order valence-corrected chi connectivity index (χ3v) is 4.79. The van der Waals surface area contributed by atoms with Gasteiger partial charge in [-0.3, -0.25) is 9.32 Å². The second kappa shape index (κ2) is 9.22. The normalized spacial score (nSPS) is 18.9. The Morgan fingerprint density at radius 2 is 1.78 bits per heavy atom. The molecule has 3 atom stereocenters. The van der Waals surface area contributed by atoms with E-state index in [0.717, 1.165) is 0 Å². The van der Waals surface area contributed by atoms with Gasteiger partial charge in [0.1, 0.15) is 0 Å². The summed E-state index contributed by atoms with van der Waals surface area (Å²) in [4.78, 5) is 36.2. The van der Waals surface area contributed by atoms with Crippen LogP contribution in [0.3, 0.4) is 0 Å². The molecule has 0 bridgehead atoms. The Hall–Kier alpha value is -0.350. The highest BCUT2D eigenvalue weighted by Crippen LogP contribution is 2.57. The second-order valence-electron chi connectivity index (χ2n) is 5.30. The van der Waals surface area contributed by atoms with Gasteiger partial charge in [-0.25, -0.2) is 9.13 Å². The van der Waals surface area contributed by atoms with E-state index in [1.807, 2.05) is 0 Å². The second-order valence-corrected chi connectivity index (χ2v) is 8.12. The Bertz CT molecular complexity index is 471. The lowest BCUT2D eigenvalue weighted by molar-refractivity contribution is -0.142. The number of carbonyl (C=O) groups is 1. The first-order valence-corrected chi connectivity index (χ1v) is 9.61. The summed E-state index contributed by atoms with van der Waals surface area (Å²) in [5.74, 6) is -1.20. The van der Waals surface area contributed by atoms with Gasteiger partial charge in [0.05, 0.1) is 24.7 Å². The molecule has 0 fully saturated rings. The van der Waals surface area contributed by atoms with Crippen molar-refractivity contribution in [3.8, 4) is 0 Å². The van der Waals surface area contributed by atoms with Crippen LogP contribution in [0.4, 0.5) is 0 Å². The van der Waals surface area contributed by atoms with E-state index in [0.29, 0.717) is 6.42 Å². The first-order chi connectivity index (χ1) is 10.2. The minimum absolute atomic E-state index is 0.153. The van der Waals surface area contributed by atoms with Gasteiger partial charge in [0.2, 0.25) is 0 Å². The van der Waals surface area contributed by atoms with Crippen molar-refractivity contribution in [1.82, 2.24) is 0 Å². The van der Waals surface area contributed by atoms with Crippen molar-refractivity contribution >= 4 is 21.6 Å². The molecular weight excluding hydrogens is 358 g/mol. The molecule has 0 saturated heterocycles. The number of carboxylic acids is 1. The number of unbranched alkanes of at least 4 members (excludes halogenated alkanes) is 1. The van der Waals surface area contributed by atoms with Crippen LogP contribution in [0.5, 0.6) is 0 Å². The summed E-state index contributed by atoms with van der Waals surface area (Å²) in [6.45, 7) is 0.945. The molecule has 0 radical (unpaired) electrons. The molecule has 6 N–H and O–H groups in total. The quantitative estimate of drug-likeness (QED) is 0.202. The topological polar surface area (TPSA) is 191 Å². The van der Waals surface area contributed by atoms with Gasteiger partial charge in [-0.05, 0) is 26.2 Å². The maximum absolute atomic E-state index is 11.1. The third kappa shape index (κ3) is 13.8. The zero-order valence-electron chi connectivity index (χ0n) is 12.4. The van der Waals surface area contributed by atoms with E-state index in [1.165, 1.54) is 6.92 Å². The minimum atomic E-state index is -5.15. The molecule has 0 amide bonds. The highest BCUT2D eigenvalue weighted by atomic mass is 31.3. The average Bonchev–Trinajstić information content (AvgIpc) is 2.21. The van der Waals surface area contributed by atoms with Crippen molar-refractivity contribution in [2.45, 2.75) is 50.7 Å². The smallest absolute Gasteiger partial charge is 0.481 e. The number of phosphoric acid groups is 2. The molecule has 0 aromatic carbocycles. The SMILES string of the molecule is CC(O)(CC(=O)O)CC(O)CCCCOP(=O)(O)OP(=O)(O)O. The van der Waals surface area contributed by atoms with Crippen LogP contribution in [-0.2, 0) is 22.8 Å². The van der Waals surface area contributed by atoms with Crippen LogP contribution >= 0.6 is 15.6 Å². The molecule has 0 spiro atoms. The van der Waals surface area contributed by atoms with Gasteiger partial charge < -0.3 is 30.0 Å². The largest absolute Gasteiger partial charge is 0.481 e. The molecular formula is C10H22O11P2. The summed E-state index contributed by atoms with van der Waals surface area (Å²) >= 11 is 0. The Morgan fingerprint density at radius 3 is 2.26 bits per heavy atom. The summed E-state index contributed by atoms with van der Waals surface area (Å²) < 4.78 is 29.4. The number of hydrogen-bond donors (Lipinski definition) is 6. The molecule has 0 saturated carbocycles. The van der Waals surface area contributed by atoms with Crippen LogP contribution in [0.25, 0.3) is 0 Å². The van der Waals surface area contributed by atoms with Crippen molar-refractivity contribution < 1.29 is 52.8 Å². The Balaban J connectivity index is 3.98. The Labute approximate surface area is 132 Å². The molecule has 0 aliphatic rings. The van der Waals surface area contributed by atoms with E-state index in [1.54, 1.807) is 0 Å². The lowest BCUT2D eigenvalue weighted by atomic mass is 9.93. The maximum atomic E-state index is 11.1. The van der Waals surface area contributed by atoms with E-state index >= 15 is 0 Å². The van der Waals surface area contributed by atoms with Crippen LogP contribution in [0, 0.1) is 0 Å². The predicted octanol–water partition coefficient (Wildman–Crippen LogP) is 0.360. The number of carboxylic acid groups (broad SMARTS) is 1. The van der Waals surface area contributed by atoms with Gasteiger partial charge >= 0.3 is 21.6 Å². The molecule has 0 heterocycles. The van der Waals surface area contributed by atoms with Crippen molar-refractivity contribution in [3.05, 3.63) is 0 Å². The molecule has 0 aromatic heterocycles. The average molecular weight is 380 g/mol. The van der Waals surface area contributed by atoms with E-state index < -0.39 is 39.7 Å². The number of aliphatic hydroxyl groups is 2.